The molecule has 1 unspecified atom stereocenters. The molecular formula is C17H17ClFN. The maximum absolute atomic E-state index is 13.6. The smallest absolute Gasteiger partial charge is 0.143 e. The highest BCUT2D eigenvalue weighted by atomic mass is 35.5. The monoisotopic (exact) mass is 289 g/mol. The highest BCUT2D eigenvalue weighted by Crippen LogP contribution is 2.46. The van der Waals surface area contributed by atoms with E-state index in [1.165, 1.54) is 17.2 Å². The minimum absolute atomic E-state index is 0.0970. The molecule has 0 bridgehead atoms. The van der Waals surface area contributed by atoms with E-state index in [-0.39, 0.29) is 22.3 Å². The Morgan fingerprint density at radius 1 is 1.20 bits per heavy atom. The topological polar surface area (TPSA) is 12.0 Å². The van der Waals surface area contributed by atoms with Crippen LogP contribution in [0.1, 0.15) is 31.0 Å². The number of hydrogen-bond donors (Lipinski definition) is 1. The summed E-state index contributed by atoms with van der Waals surface area (Å²) < 4.78 is 13.6. The Morgan fingerprint density at radius 3 is 2.70 bits per heavy atom. The first kappa shape index (κ1) is 13.4. The molecule has 20 heavy (non-hydrogen) atoms. The molecule has 0 heterocycles. The fourth-order valence-electron chi connectivity index (χ4n) is 3.02. The highest BCUT2D eigenvalue weighted by Gasteiger charge is 2.38. The van der Waals surface area contributed by atoms with Gasteiger partial charge < -0.3 is 5.32 Å². The third kappa shape index (κ3) is 2.29. The van der Waals surface area contributed by atoms with Crippen LogP contribution in [0.2, 0.25) is 5.02 Å². The van der Waals surface area contributed by atoms with Crippen molar-refractivity contribution in [3.05, 3.63) is 64.4 Å². The summed E-state index contributed by atoms with van der Waals surface area (Å²) in [5.41, 5.74) is 3.53. The molecule has 1 nitrogen and oxygen atoms in total. The van der Waals surface area contributed by atoms with Gasteiger partial charge in [-0.2, -0.15) is 0 Å². The number of anilines is 1. The van der Waals surface area contributed by atoms with E-state index < -0.39 is 0 Å². The molecule has 0 saturated carbocycles. The Balaban J connectivity index is 1.94. The molecule has 1 atom stereocenters. The third-order valence-electron chi connectivity index (χ3n) is 4.02. The fourth-order valence-corrected chi connectivity index (χ4v) is 3.13. The van der Waals surface area contributed by atoms with Gasteiger partial charge in [0.2, 0.25) is 0 Å². The van der Waals surface area contributed by atoms with Crippen LogP contribution in [0.15, 0.2) is 42.5 Å². The number of nitrogens with one attached hydrogen (secondary N) is 1. The van der Waals surface area contributed by atoms with Gasteiger partial charge in [0.15, 0.2) is 0 Å². The zero-order valence-corrected chi connectivity index (χ0v) is 12.3. The summed E-state index contributed by atoms with van der Waals surface area (Å²) >= 11 is 5.73. The van der Waals surface area contributed by atoms with Crippen LogP contribution in [0.5, 0.6) is 0 Å². The SMILES string of the molecule is CC1(C)Cc2ccccc2C1Nc1ccc(Cl)c(F)c1. The Kier molecular flexibility index (Phi) is 3.21. The second-order valence-electron chi connectivity index (χ2n) is 6.07. The molecule has 2 aromatic carbocycles. The second kappa shape index (κ2) is 4.78. The van der Waals surface area contributed by atoms with Gasteiger partial charge in [0.25, 0.3) is 0 Å². The molecule has 3 rings (SSSR count). The maximum atomic E-state index is 13.6. The summed E-state index contributed by atoms with van der Waals surface area (Å²) in [5.74, 6) is -0.388. The van der Waals surface area contributed by atoms with E-state index in [1.807, 2.05) is 6.07 Å². The Hall–Kier alpha value is -1.54. The van der Waals surface area contributed by atoms with Crippen molar-refractivity contribution >= 4 is 17.3 Å². The predicted octanol–water partition coefficient (Wildman–Crippen LogP) is 5.21. The van der Waals surface area contributed by atoms with Crippen LogP contribution in [0, 0.1) is 11.2 Å². The molecule has 3 heteroatoms. The molecule has 0 spiro atoms. The van der Waals surface area contributed by atoms with E-state index in [9.17, 15) is 4.39 Å². The molecule has 0 aliphatic heterocycles. The Morgan fingerprint density at radius 2 is 1.95 bits per heavy atom. The van der Waals surface area contributed by atoms with E-state index in [2.05, 4.69) is 43.4 Å². The van der Waals surface area contributed by atoms with Gasteiger partial charge in [-0.15, -0.1) is 0 Å². The van der Waals surface area contributed by atoms with Crippen LogP contribution in [-0.4, -0.2) is 0 Å². The molecule has 2 aromatic rings. The first-order valence-corrected chi connectivity index (χ1v) is 7.14. The average molecular weight is 290 g/mol. The standard InChI is InChI=1S/C17H17ClFN/c1-17(2)10-11-5-3-4-6-13(11)16(17)20-12-7-8-14(18)15(19)9-12/h3-9,16,20H,10H2,1-2H3. The van der Waals surface area contributed by atoms with Crippen molar-refractivity contribution in [2.75, 3.05) is 5.32 Å². The van der Waals surface area contributed by atoms with E-state index in [0.29, 0.717) is 0 Å². The van der Waals surface area contributed by atoms with Crippen LogP contribution < -0.4 is 5.32 Å². The van der Waals surface area contributed by atoms with E-state index in [0.717, 1.165) is 12.1 Å². The molecule has 104 valence electrons. The van der Waals surface area contributed by atoms with Gasteiger partial charge >= 0.3 is 0 Å². The van der Waals surface area contributed by atoms with Gasteiger partial charge in [-0.25, -0.2) is 4.39 Å². The normalized spacial score (nSPS) is 19.7. The lowest BCUT2D eigenvalue weighted by Gasteiger charge is -2.29. The molecule has 1 N–H and O–H groups in total. The van der Waals surface area contributed by atoms with Crippen molar-refractivity contribution in [1.29, 1.82) is 0 Å². The van der Waals surface area contributed by atoms with Crippen molar-refractivity contribution in [3.63, 3.8) is 0 Å². The van der Waals surface area contributed by atoms with Gasteiger partial charge in [0.05, 0.1) is 11.1 Å². The van der Waals surface area contributed by atoms with Crippen molar-refractivity contribution in [2.45, 2.75) is 26.3 Å². The molecule has 0 amide bonds. The molecule has 0 aromatic heterocycles. The van der Waals surface area contributed by atoms with Gasteiger partial charge in [0.1, 0.15) is 5.82 Å². The number of benzene rings is 2. The largest absolute Gasteiger partial charge is 0.378 e. The second-order valence-corrected chi connectivity index (χ2v) is 6.48. The quantitative estimate of drug-likeness (QED) is 0.800. The number of rotatable bonds is 2. The van der Waals surface area contributed by atoms with Crippen molar-refractivity contribution in [3.8, 4) is 0 Å². The summed E-state index contributed by atoms with van der Waals surface area (Å²) in [6.07, 6.45) is 1.02. The fraction of sp³-hybridized carbons (Fsp3) is 0.294. The zero-order valence-electron chi connectivity index (χ0n) is 11.6. The van der Waals surface area contributed by atoms with Crippen molar-refractivity contribution in [2.24, 2.45) is 5.41 Å². The van der Waals surface area contributed by atoms with Crippen LogP contribution in [0.4, 0.5) is 10.1 Å². The first-order chi connectivity index (χ1) is 9.47. The number of fused-ring (bicyclic) bond motifs is 1. The Labute approximate surface area is 123 Å². The summed E-state index contributed by atoms with van der Waals surface area (Å²) in [4.78, 5) is 0. The van der Waals surface area contributed by atoms with Gasteiger partial charge in [-0.05, 0) is 41.2 Å². The molecule has 0 fully saturated rings. The Bertz CT molecular complexity index is 651. The lowest BCUT2D eigenvalue weighted by atomic mass is 9.85. The molecular weight excluding hydrogens is 273 g/mol. The summed E-state index contributed by atoms with van der Waals surface area (Å²) in [5, 5.41) is 3.61. The number of halogens is 2. The lowest BCUT2D eigenvalue weighted by Crippen LogP contribution is -2.24. The minimum atomic E-state index is -0.388. The first-order valence-electron chi connectivity index (χ1n) is 6.77. The lowest BCUT2D eigenvalue weighted by molar-refractivity contribution is 0.337. The van der Waals surface area contributed by atoms with Crippen LogP contribution in [0.3, 0.4) is 0 Å². The molecule has 0 radical (unpaired) electrons. The number of hydrogen-bond acceptors (Lipinski definition) is 1. The van der Waals surface area contributed by atoms with Crippen LogP contribution >= 0.6 is 11.6 Å². The van der Waals surface area contributed by atoms with Gasteiger partial charge in [0, 0.05) is 5.69 Å². The maximum Gasteiger partial charge on any atom is 0.143 e. The average Bonchev–Trinajstić information content (AvgIpc) is 2.65. The third-order valence-corrected chi connectivity index (χ3v) is 4.33. The van der Waals surface area contributed by atoms with E-state index in [1.54, 1.807) is 6.07 Å². The van der Waals surface area contributed by atoms with Crippen molar-refractivity contribution < 1.29 is 4.39 Å². The van der Waals surface area contributed by atoms with Crippen LogP contribution in [0.25, 0.3) is 0 Å². The molecule has 1 aliphatic carbocycles. The van der Waals surface area contributed by atoms with E-state index in [4.69, 9.17) is 11.6 Å². The zero-order chi connectivity index (χ0) is 14.3. The predicted molar refractivity (Wildman–Crippen MR) is 81.7 cm³/mol. The highest BCUT2D eigenvalue weighted by molar-refractivity contribution is 6.30. The molecule has 1 aliphatic rings. The van der Waals surface area contributed by atoms with Crippen LogP contribution in [-0.2, 0) is 6.42 Å². The summed E-state index contributed by atoms with van der Waals surface area (Å²) in [6, 6.07) is 13.5. The minimum Gasteiger partial charge on any atom is -0.378 e. The summed E-state index contributed by atoms with van der Waals surface area (Å²) in [7, 11) is 0. The molecule has 0 saturated heterocycles. The van der Waals surface area contributed by atoms with Gasteiger partial charge in [-0.1, -0.05) is 49.7 Å². The van der Waals surface area contributed by atoms with Crippen molar-refractivity contribution in [1.82, 2.24) is 0 Å². The van der Waals surface area contributed by atoms with E-state index >= 15 is 0 Å². The summed E-state index contributed by atoms with van der Waals surface area (Å²) in [6.45, 7) is 4.47. The van der Waals surface area contributed by atoms with Gasteiger partial charge in [-0.3, -0.25) is 0 Å².